The van der Waals surface area contributed by atoms with Gasteiger partial charge in [0.15, 0.2) is 6.04 Å². The fourth-order valence-electron chi connectivity index (χ4n) is 2.50. The molecule has 1 aliphatic carbocycles. The van der Waals surface area contributed by atoms with Crippen LogP contribution in [0.15, 0.2) is 30.3 Å². The Morgan fingerprint density at radius 1 is 1.26 bits per heavy atom. The number of hydrogen-bond acceptors (Lipinski definition) is 3. The van der Waals surface area contributed by atoms with Crippen LogP contribution in [0.2, 0.25) is 0 Å². The van der Waals surface area contributed by atoms with E-state index in [1.165, 1.54) is 0 Å². The van der Waals surface area contributed by atoms with Crippen molar-refractivity contribution in [1.29, 1.82) is 0 Å². The molecule has 0 spiro atoms. The lowest BCUT2D eigenvalue weighted by Crippen LogP contribution is -2.42. The average Bonchev–Trinajstić information content (AvgIpc) is 2.82. The third kappa shape index (κ3) is 3.12. The molecule has 19 heavy (non-hydrogen) atoms. The number of amides is 1. The van der Waals surface area contributed by atoms with Crippen LogP contribution in [0.1, 0.15) is 30.9 Å². The molecule has 1 aromatic carbocycles. The molecule has 0 radical (unpaired) electrons. The van der Waals surface area contributed by atoms with Gasteiger partial charge in [0.1, 0.15) is 0 Å². The second-order valence-electron chi connectivity index (χ2n) is 4.89. The number of carboxylic acids is 1. The van der Waals surface area contributed by atoms with Crippen LogP contribution in [-0.2, 0) is 9.59 Å². The first-order chi connectivity index (χ1) is 9.09. The first-order valence-corrected chi connectivity index (χ1v) is 6.43. The Labute approximate surface area is 111 Å². The molecule has 0 aromatic heterocycles. The van der Waals surface area contributed by atoms with Crippen LogP contribution in [-0.4, -0.2) is 23.0 Å². The van der Waals surface area contributed by atoms with Gasteiger partial charge >= 0.3 is 5.97 Å². The molecule has 1 amide bonds. The van der Waals surface area contributed by atoms with Crippen molar-refractivity contribution in [3.05, 3.63) is 35.9 Å². The number of carbonyl (C=O) groups excluding carboxylic acids is 1. The van der Waals surface area contributed by atoms with Crippen LogP contribution in [0.25, 0.3) is 0 Å². The lowest BCUT2D eigenvalue weighted by atomic mass is 10.0. The van der Waals surface area contributed by atoms with Crippen LogP contribution in [0.3, 0.4) is 0 Å². The number of carboxylic acid groups (broad SMARTS) is 1. The van der Waals surface area contributed by atoms with Crippen LogP contribution in [0, 0.1) is 5.92 Å². The first kappa shape index (κ1) is 13.5. The molecule has 3 unspecified atom stereocenters. The number of carbonyl (C=O) groups is 2. The van der Waals surface area contributed by atoms with Crippen molar-refractivity contribution in [1.82, 2.24) is 5.32 Å². The fourth-order valence-corrected chi connectivity index (χ4v) is 2.50. The summed E-state index contributed by atoms with van der Waals surface area (Å²) in [5.74, 6) is -1.60. The van der Waals surface area contributed by atoms with E-state index in [9.17, 15) is 14.7 Å². The van der Waals surface area contributed by atoms with Gasteiger partial charge in [-0.2, -0.15) is 0 Å². The molecule has 0 aliphatic heterocycles. The molecule has 2 rings (SSSR count). The van der Waals surface area contributed by atoms with E-state index < -0.39 is 12.0 Å². The minimum absolute atomic E-state index is 0.162. The third-order valence-corrected chi connectivity index (χ3v) is 3.57. The molecular weight excluding hydrogens is 244 g/mol. The van der Waals surface area contributed by atoms with Crippen molar-refractivity contribution in [2.45, 2.75) is 31.3 Å². The van der Waals surface area contributed by atoms with Gasteiger partial charge in [0.05, 0.1) is 5.92 Å². The maximum absolute atomic E-state index is 12.1. The SMILES string of the molecule is NC1CCCC1C(=O)NC(C(=O)O)c1ccccc1. The van der Waals surface area contributed by atoms with Gasteiger partial charge in [0.2, 0.25) is 5.91 Å². The van der Waals surface area contributed by atoms with Gasteiger partial charge in [0.25, 0.3) is 0 Å². The summed E-state index contributed by atoms with van der Waals surface area (Å²) in [6.45, 7) is 0. The number of rotatable bonds is 4. The molecule has 3 atom stereocenters. The normalized spacial score (nSPS) is 23.8. The highest BCUT2D eigenvalue weighted by atomic mass is 16.4. The first-order valence-electron chi connectivity index (χ1n) is 6.43. The second-order valence-corrected chi connectivity index (χ2v) is 4.89. The van der Waals surface area contributed by atoms with Crippen LogP contribution in [0.5, 0.6) is 0 Å². The molecule has 1 aromatic rings. The number of nitrogens with one attached hydrogen (secondary N) is 1. The summed E-state index contributed by atoms with van der Waals surface area (Å²) < 4.78 is 0. The summed E-state index contributed by atoms with van der Waals surface area (Å²) in [6.07, 6.45) is 2.47. The molecule has 5 heteroatoms. The predicted octanol–water partition coefficient (Wildman–Crippen LogP) is 1.06. The monoisotopic (exact) mass is 262 g/mol. The zero-order chi connectivity index (χ0) is 13.8. The number of nitrogens with two attached hydrogens (primary N) is 1. The van der Waals surface area contributed by atoms with E-state index in [0.29, 0.717) is 5.56 Å². The Kier molecular flexibility index (Phi) is 4.16. The van der Waals surface area contributed by atoms with Crippen molar-refractivity contribution in [3.8, 4) is 0 Å². The summed E-state index contributed by atoms with van der Waals surface area (Å²) in [4.78, 5) is 23.4. The molecule has 5 nitrogen and oxygen atoms in total. The summed E-state index contributed by atoms with van der Waals surface area (Å²) >= 11 is 0. The Morgan fingerprint density at radius 2 is 1.95 bits per heavy atom. The van der Waals surface area contributed by atoms with Crippen LogP contribution in [0.4, 0.5) is 0 Å². The van der Waals surface area contributed by atoms with Gasteiger partial charge < -0.3 is 16.2 Å². The smallest absolute Gasteiger partial charge is 0.330 e. The van der Waals surface area contributed by atoms with E-state index in [0.717, 1.165) is 19.3 Å². The summed E-state index contributed by atoms with van der Waals surface area (Å²) in [7, 11) is 0. The molecule has 0 heterocycles. The largest absolute Gasteiger partial charge is 0.479 e. The maximum Gasteiger partial charge on any atom is 0.330 e. The zero-order valence-electron chi connectivity index (χ0n) is 10.6. The van der Waals surface area contributed by atoms with Crippen molar-refractivity contribution in [2.24, 2.45) is 11.7 Å². The zero-order valence-corrected chi connectivity index (χ0v) is 10.6. The van der Waals surface area contributed by atoms with Gasteiger partial charge in [-0.25, -0.2) is 4.79 Å². The van der Waals surface area contributed by atoms with Crippen molar-refractivity contribution in [3.63, 3.8) is 0 Å². The number of aliphatic carboxylic acids is 1. The number of hydrogen-bond donors (Lipinski definition) is 3. The van der Waals surface area contributed by atoms with E-state index in [4.69, 9.17) is 5.73 Å². The second kappa shape index (κ2) is 5.84. The molecule has 102 valence electrons. The molecule has 1 aliphatic rings. The van der Waals surface area contributed by atoms with E-state index >= 15 is 0 Å². The quantitative estimate of drug-likeness (QED) is 0.756. The Hall–Kier alpha value is -1.88. The van der Waals surface area contributed by atoms with Crippen molar-refractivity contribution in [2.75, 3.05) is 0 Å². The van der Waals surface area contributed by atoms with E-state index in [-0.39, 0.29) is 17.9 Å². The van der Waals surface area contributed by atoms with Crippen molar-refractivity contribution < 1.29 is 14.7 Å². The fraction of sp³-hybridized carbons (Fsp3) is 0.429. The molecule has 4 N–H and O–H groups in total. The minimum Gasteiger partial charge on any atom is -0.479 e. The van der Waals surface area contributed by atoms with Crippen molar-refractivity contribution >= 4 is 11.9 Å². The molecular formula is C14H18N2O3. The molecule has 0 saturated heterocycles. The third-order valence-electron chi connectivity index (χ3n) is 3.57. The minimum atomic E-state index is -1.06. The Bertz CT molecular complexity index is 461. The van der Waals surface area contributed by atoms with E-state index in [1.807, 2.05) is 0 Å². The lowest BCUT2D eigenvalue weighted by Gasteiger charge is -2.20. The van der Waals surface area contributed by atoms with E-state index in [1.54, 1.807) is 30.3 Å². The van der Waals surface area contributed by atoms with Gasteiger partial charge in [-0.1, -0.05) is 36.8 Å². The van der Waals surface area contributed by atoms with Crippen LogP contribution >= 0.6 is 0 Å². The predicted molar refractivity (Wildman–Crippen MR) is 70.3 cm³/mol. The topological polar surface area (TPSA) is 92.4 Å². The number of benzene rings is 1. The Balaban J connectivity index is 2.09. The highest BCUT2D eigenvalue weighted by Crippen LogP contribution is 2.25. The molecule has 1 fully saturated rings. The van der Waals surface area contributed by atoms with Gasteiger partial charge in [-0.3, -0.25) is 4.79 Å². The lowest BCUT2D eigenvalue weighted by molar-refractivity contribution is -0.142. The standard InChI is InChI=1S/C14H18N2O3/c15-11-8-4-7-10(11)13(17)16-12(14(18)19)9-5-2-1-3-6-9/h1-3,5-6,10-12H,4,7-8,15H2,(H,16,17)(H,18,19). The van der Waals surface area contributed by atoms with Gasteiger partial charge in [0, 0.05) is 6.04 Å². The maximum atomic E-state index is 12.1. The summed E-state index contributed by atoms with van der Waals surface area (Å²) in [5, 5.41) is 11.8. The highest BCUT2D eigenvalue weighted by molar-refractivity contribution is 5.86. The average molecular weight is 262 g/mol. The molecule has 0 bridgehead atoms. The summed E-state index contributed by atoms with van der Waals surface area (Å²) in [6, 6.07) is 7.50. The van der Waals surface area contributed by atoms with Crippen LogP contribution < -0.4 is 11.1 Å². The molecule has 1 saturated carbocycles. The van der Waals surface area contributed by atoms with Gasteiger partial charge in [-0.05, 0) is 18.4 Å². The highest BCUT2D eigenvalue weighted by Gasteiger charge is 2.33. The van der Waals surface area contributed by atoms with Gasteiger partial charge in [-0.15, -0.1) is 0 Å². The summed E-state index contributed by atoms with van der Waals surface area (Å²) in [5.41, 5.74) is 6.43. The Morgan fingerprint density at radius 3 is 2.47 bits per heavy atom. The van der Waals surface area contributed by atoms with E-state index in [2.05, 4.69) is 5.32 Å².